The Morgan fingerprint density at radius 1 is 1.10 bits per heavy atom. The Hall–Kier alpha value is -2.36. The molecule has 4 heteroatoms. The van der Waals surface area contributed by atoms with Crippen LogP contribution in [0.25, 0.3) is 22.4 Å². The molecule has 0 aliphatic carbocycles. The van der Waals surface area contributed by atoms with Crippen molar-refractivity contribution in [2.75, 3.05) is 0 Å². The van der Waals surface area contributed by atoms with Crippen LogP contribution in [-0.2, 0) is 0 Å². The van der Waals surface area contributed by atoms with Gasteiger partial charge in [0.2, 0.25) is 0 Å². The van der Waals surface area contributed by atoms with Gasteiger partial charge in [-0.05, 0) is 38.1 Å². The van der Waals surface area contributed by atoms with E-state index in [1.165, 1.54) is 18.2 Å². The zero-order chi connectivity index (χ0) is 14.3. The van der Waals surface area contributed by atoms with Crippen molar-refractivity contribution in [3.8, 4) is 17.1 Å². The standard InChI is InChI=1S/C16H15FN2O/c1-10(2)19-13-8-4-3-7-12(13)18-16(19)15-11(17)6-5-9-14(15)20/h3-10,20H,1-2H3. The average molecular weight is 270 g/mol. The second-order valence-electron chi connectivity index (χ2n) is 5.02. The lowest BCUT2D eigenvalue weighted by atomic mass is 10.1. The predicted molar refractivity (Wildman–Crippen MR) is 77.2 cm³/mol. The van der Waals surface area contributed by atoms with Crippen molar-refractivity contribution >= 4 is 11.0 Å². The highest BCUT2D eigenvalue weighted by atomic mass is 19.1. The molecule has 0 fully saturated rings. The third kappa shape index (κ3) is 1.84. The Bertz CT molecular complexity index is 757. The minimum atomic E-state index is -0.470. The van der Waals surface area contributed by atoms with Crippen molar-refractivity contribution in [2.45, 2.75) is 19.9 Å². The number of nitrogens with zero attached hydrogens (tertiary/aromatic N) is 2. The number of fused-ring (bicyclic) bond motifs is 1. The number of rotatable bonds is 2. The third-order valence-corrected chi connectivity index (χ3v) is 3.33. The molecule has 1 aromatic heterocycles. The van der Waals surface area contributed by atoms with E-state index in [9.17, 15) is 9.50 Å². The second kappa shape index (κ2) is 4.63. The van der Waals surface area contributed by atoms with Crippen molar-refractivity contribution in [3.63, 3.8) is 0 Å². The summed E-state index contributed by atoms with van der Waals surface area (Å²) in [4.78, 5) is 4.49. The first-order valence-corrected chi connectivity index (χ1v) is 6.54. The Balaban J connectivity index is 2.39. The van der Waals surface area contributed by atoms with E-state index >= 15 is 0 Å². The van der Waals surface area contributed by atoms with Crippen molar-refractivity contribution in [1.29, 1.82) is 0 Å². The van der Waals surface area contributed by atoms with Gasteiger partial charge in [0.15, 0.2) is 0 Å². The minimum absolute atomic E-state index is 0.0952. The lowest BCUT2D eigenvalue weighted by molar-refractivity contribution is 0.470. The van der Waals surface area contributed by atoms with Gasteiger partial charge in [0, 0.05) is 6.04 Å². The number of para-hydroxylation sites is 2. The summed E-state index contributed by atoms with van der Waals surface area (Å²) in [6, 6.07) is 12.0. The monoisotopic (exact) mass is 270 g/mol. The highest BCUT2D eigenvalue weighted by molar-refractivity contribution is 5.82. The van der Waals surface area contributed by atoms with Crippen LogP contribution in [0.5, 0.6) is 5.75 Å². The molecule has 0 saturated carbocycles. The van der Waals surface area contributed by atoms with Gasteiger partial charge in [-0.3, -0.25) is 0 Å². The van der Waals surface area contributed by atoms with Crippen LogP contribution in [0, 0.1) is 5.82 Å². The van der Waals surface area contributed by atoms with Crippen molar-refractivity contribution in [1.82, 2.24) is 9.55 Å². The molecule has 0 amide bonds. The van der Waals surface area contributed by atoms with Crippen LogP contribution in [0.4, 0.5) is 4.39 Å². The zero-order valence-corrected chi connectivity index (χ0v) is 11.3. The molecule has 0 unspecified atom stereocenters. The summed E-state index contributed by atoms with van der Waals surface area (Å²) < 4.78 is 16.0. The molecule has 0 aliphatic heterocycles. The van der Waals surface area contributed by atoms with Gasteiger partial charge >= 0.3 is 0 Å². The number of benzene rings is 2. The van der Waals surface area contributed by atoms with Crippen LogP contribution >= 0.6 is 0 Å². The average Bonchev–Trinajstić information content (AvgIpc) is 2.77. The number of aromatic hydroxyl groups is 1. The Morgan fingerprint density at radius 2 is 1.85 bits per heavy atom. The Labute approximate surface area is 116 Å². The zero-order valence-electron chi connectivity index (χ0n) is 11.3. The normalized spacial score (nSPS) is 11.4. The van der Waals surface area contributed by atoms with E-state index in [2.05, 4.69) is 4.98 Å². The third-order valence-electron chi connectivity index (χ3n) is 3.33. The predicted octanol–water partition coefficient (Wildman–Crippen LogP) is 4.13. The molecule has 0 saturated heterocycles. The summed E-state index contributed by atoms with van der Waals surface area (Å²) in [6.07, 6.45) is 0. The first kappa shape index (κ1) is 12.7. The van der Waals surface area contributed by atoms with E-state index in [-0.39, 0.29) is 17.4 Å². The first-order valence-electron chi connectivity index (χ1n) is 6.54. The molecule has 20 heavy (non-hydrogen) atoms. The fourth-order valence-corrected chi connectivity index (χ4v) is 2.48. The van der Waals surface area contributed by atoms with Gasteiger partial charge in [0.05, 0.1) is 16.6 Å². The maximum atomic E-state index is 14.1. The van der Waals surface area contributed by atoms with Gasteiger partial charge < -0.3 is 9.67 Å². The SMILES string of the molecule is CC(C)n1c(-c2c(O)cccc2F)nc2ccccc21. The lowest BCUT2D eigenvalue weighted by Crippen LogP contribution is -2.04. The molecule has 102 valence electrons. The van der Waals surface area contributed by atoms with Crippen LogP contribution < -0.4 is 0 Å². The van der Waals surface area contributed by atoms with Gasteiger partial charge in [-0.1, -0.05) is 18.2 Å². The van der Waals surface area contributed by atoms with Gasteiger partial charge in [0.25, 0.3) is 0 Å². The largest absolute Gasteiger partial charge is 0.507 e. The fourth-order valence-electron chi connectivity index (χ4n) is 2.48. The number of hydrogen-bond acceptors (Lipinski definition) is 2. The van der Waals surface area contributed by atoms with E-state index in [0.29, 0.717) is 5.82 Å². The molecule has 2 aromatic carbocycles. The first-order chi connectivity index (χ1) is 9.59. The van der Waals surface area contributed by atoms with Crippen LogP contribution in [0.2, 0.25) is 0 Å². The van der Waals surface area contributed by atoms with E-state index in [1.807, 2.05) is 42.7 Å². The second-order valence-corrected chi connectivity index (χ2v) is 5.02. The lowest BCUT2D eigenvalue weighted by Gasteiger charge is -2.14. The maximum Gasteiger partial charge on any atom is 0.148 e. The molecular formula is C16H15FN2O. The summed E-state index contributed by atoms with van der Waals surface area (Å²) in [7, 11) is 0. The molecule has 1 N–H and O–H groups in total. The highest BCUT2D eigenvalue weighted by Gasteiger charge is 2.20. The number of phenolic OH excluding ortho intramolecular Hbond substituents is 1. The van der Waals surface area contributed by atoms with E-state index in [4.69, 9.17) is 0 Å². The van der Waals surface area contributed by atoms with Crippen molar-refractivity contribution < 1.29 is 9.50 Å². The molecule has 0 aliphatic rings. The summed E-state index contributed by atoms with van der Waals surface area (Å²) in [5.74, 6) is -0.110. The van der Waals surface area contributed by atoms with Crippen LogP contribution in [0.3, 0.4) is 0 Å². The maximum absolute atomic E-state index is 14.1. The molecule has 0 bridgehead atoms. The van der Waals surface area contributed by atoms with E-state index in [0.717, 1.165) is 11.0 Å². The van der Waals surface area contributed by atoms with Crippen LogP contribution in [-0.4, -0.2) is 14.7 Å². The topological polar surface area (TPSA) is 38.0 Å². The molecule has 0 spiro atoms. The van der Waals surface area contributed by atoms with E-state index in [1.54, 1.807) is 0 Å². The summed E-state index contributed by atoms with van der Waals surface area (Å²) in [6.45, 7) is 4.02. The highest BCUT2D eigenvalue weighted by Crippen LogP contribution is 2.35. The minimum Gasteiger partial charge on any atom is -0.507 e. The number of phenols is 1. The van der Waals surface area contributed by atoms with Crippen molar-refractivity contribution in [2.24, 2.45) is 0 Å². The van der Waals surface area contributed by atoms with Gasteiger partial charge in [-0.2, -0.15) is 0 Å². The van der Waals surface area contributed by atoms with Crippen LogP contribution in [0.15, 0.2) is 42.5 Å². The summed E-state index contributed by atoms with van der Waals surface area (Å²) in [5.41, 5.74) is 1.87. The molecule has 3 aromatic rings. The van der Waals surface area contributed by atoms with Crippen LogP contribution in [0.1, 0.15) is 19.9 Å². The smallest absolute Gasteiger partial charge is 0.148 e. The number of halogens is 1. The van der Waals surface area contributed by atoms with Gasteiger partial charge in [-0.15, -0.1) is 0 Å². The molecule has 0 radical (unpaired) electrons. The quantitative estimate of drug-likeness (QED) is 0.760. The molecular weight excluding hydrogens is 255 g/mol. The summed E-state index contributed by atoms with van der Waals surface area (Å²) in [5, 5.41) is 9.98. The Morgan fingerprint density at radius 3 is 2.55 bits per heavy atom. The molecule has 3 nitrogen and oxygen atoms in total. The number of aromatic nitrogens is 2. The van der Waals surface area contributed by atoms with E-state index < -0.39 is 5.82 Å². The molecule has 3 rings (SSSR count). The number of hydrogen-bond donors (Lipinski definition) is 1. The van der Waals surface area contributed by atoms with Crippen molar-refractivity contribution in [3.05, 3.63) is 48.3 Å². The molecule has 0 atom stereocenters. The van der Waals surface area contributed by atoms with Gasteiger partial charge in [-0.25, -0.2) is 9.37 Å². The molecule has 1 heterocycles. The summed E-state index contributed by atoms with van der Waals surface area (Å²) >= 11 is 0. The number of imidazole rings is 1. The van der Waals surface area contributed by atoms with Gasteiger partial charge in [0.1, 0.15) is 17.4 Å². The Kier molecular flexibility index (Phi) is 2.93. The fraction of sp³-hybridized carbons (Fsp3) is 0.188.